The fourth-order valence-corrected chi connectivity index (χ4v) is 3.77. The van der Waals surface area contributed by atoms with Crippen molar-refractivity contribution < 1.29 is 30.9 Å². The highest BCUT2D eigenvalue weighted by Crippen LogP contribution is 2.34. The molecule has 2 heterocycles. The minimum absolute atomic E-state index is 0.0404. The molecule has 0 spiro atoms. The van der Waals surface area contributed by atoms with Crippen LogP contribution in [0.1, 0.15) is 29.1 Å². The van der Waals surface area contributed by atoms with Crippen molar-refractivity contribution in [1.29, 1.82) is 5.26 Å². The van der Waals surface area contributed by atoms with Crippen LogP contribution in [0.5, 0.6) is 0 Å². The molecule has 0 atom stereocenters. The minimum Gasteiger partial charge on any atom is -0.337 e. The second-order valence-electron chi connectivity index (χ2n) is 7.40. The second kappa shape index (κ2) is 8.68. The molecule has 0 aliphatic heterocycles. The number of halogens is 7. The quantitative estimate of drug-likeness (QED) is 0.284. The summed E-state index contributed by atoms with van der Waals surface area (Å²) in [6.07, 6.45) is -10.4. The van der Waals surface area contributed by atoms with E-state index in [0.29, 0.717) is 10.9 Å². The standard InChI is InChI=1S/C22H13ClF6N4O/c23-19-13(10-30)4-5-17-16(19)9-15(6-7-21(24,25)26)33(17)11-18-31-20(34-32-18)12-2-1-3-14(8-12)22(27,28)29/h1-5,8-9H,6-7,11H2. The van der Waals surface area contributed by atoms with E-state index in [0.717, 1.165) is 12.1 Å². The van der Waals surface area contributed by atoms with E-state index in [1.165, 1.54) is 28.8 Å². The molecule has 0 bridgehead atoms. The van der Waals surface area contributed by atoms with Crippen molar-refractivity contribution in [3.05, 3.63) is 70.1 Å². The molecule has 0 saturated carbocycles. The molecule has 0 aliphatic carbocycles. The largest absolute Gasteiger partial charge is 0.416 e. The Kier molecular flexibility index (Phi) is 6.03. The van der Waals surface area contributed by atoms with E-state index < -0.39 is 24.3 Å². The van der Waals surface area contributed by atoms with Gasteiger partial charge >= 0.3 is 12.4 Å². The van der Waals surface area contributed by atoms with Gasteiger partial charge in [-0.1, -0.05) is 22.8 Å². The van der Waals surface area contributed by atoms with Crippen LogP contribution in [-0.2, 0) is 19.1 Å². The summed E-state index contributed by atoms with van der Waals surface area (Å²) in [7, 11) is 0. The van der Waals surface area contributed by atoms with Gasteiger partial charge in [-0.25, -0.2) is 0 Å². The molecule has 12 heteroatoms. The third-order valence-electron chi connectivity index (χ3n) is 5.09. The Balaban J connectivity index is 1.71. The van der Waals surface area contributed by atoms with E-state index in [2.05, 4.69) is 10.1 Å². The van der Waals surface area contributed by atoms with Crippen LogP contribution in [0.15, 0.2) is 47.0 Å². The molecule has 0 N–H and O–H groups in total. The Morgan fingerprint density at radius 3 is 2.50 bits per heavy atom. The van der Waals surface area contributed by atoms with E-state index in [1.807, 2.05) is 6.07 Å². The lowest BCUT2D eigenvalue weighted by atomic mass is 10.1. The molecule has 5 nitrogen and oxygen atoms in total. The van der Waals surface area contributed by atoms with Crippen LogP contribution in [0.3, 0.4) is 0 Å². The first-order chi connectivity index (χ1) is 16.0. The predicted octanol–water partition coefficient (Wildman–Crippen LogP) is 6.78. The van der Waals surface area contributed by atoms with Crippen LogP contribution >= 0.6 is 11.6 Å². The van der Waals surface area contributed by atoms with Crippen molar-refractivity contribution in [3.8, 4) is 17.5 Å². The van der Waals surface area contributed by atoms with Gasteiger partial charge in [0, 0.05) is 23.1 Å². The van der Waals surface area contributed by atoms with Gasteiger partial charge in [0.1, 0.15) is 6.07 Å². The summed E-state index contributed by atoms with van der Waals surface area (Å²) < 4.78 is 84.2. The monoisotopic (exact) mass is 498 g/mol. The highest BCUT2D eigenvalue weighted by atomic mass is 35.5. The van der Waals surface area contributed by atoms with E-state index >= 15 is 0 Å². The lowest BCUT2D eigenvalue weighted by Crippen LogP contribution is -2.12. The Morgan fingerprint density at radius 2 is 1.82 bits per heavy atom. The zero-order valence-electron chi connectivity index (χ0n) is 17.0. The van der Waals surface area contributed by atoms with E-state index in [-0.39, 0.29) is 46.5 Å². The molecule has 0 saturated heterocycles. The summed E-state index contributed by atoms with van der Waals surface area (Å²) in [6.45, 7) is -0.124. The summed E-state index contributed by atoms with van der Waals surface area (Å²) in [4.78, 5) is 4.12. The van der Waals surface area contributed by atoms with Crippen LogP contribution in [0, 0.1) is 11.3 Å². The first kappa shape index (κ1) is 23.6. The summed E-state index contributed by atoms with van der Waals surface area (Å²) in [5.41, 5.74) is 0.0462. The predicted molar refractivity (Wildman–Crippen MR) is 110 cm³/mol. The van der Waals surface area contributed by atoms with Gasteiger partial charge < -0.3 is 9.09 Å². The van der Waals surface area contributed by atoms with Crippen molar-refractivity contribution >= 4 is 22.5 Å². The van der Waals surface area contributed by atoms with Gasteiger partial charge in [-0.05, 0) is 42.8 Å². The first-order valence-corrected chi connectivity index (χ1v) is 10.1. The van der Waals surface area contributed by atoms with Gasteiger partial charge in [-0.2, -0.15) is 36.6 Å². The molecule has 0 radical (unpaired) electrons. The highest BCUT2D eigenvalue weighted by molar-refractivity contribution is 6.36. The molecule has 0 aliphatic rings. The number of alkyl halides is 6. The number of benzene rings is 2. The van der Waals surface area contributed by atoms with Crippen LogP contribution < -0.4 is 0 Å². The average molecular weight is 499 g/mol. The molecule has 2 aromatic heterocycles. The first-order valence-electron chi connectivity index (χ1n) is 9.74. The lowest BCUT2D eigenvalue weighted by Gasteiger charge is -2.10. The molecule has 0 amide bonds. The molecule has 0 fully saturated rings. The third-order valence-corrected chi connectivity index (χ3v) is 5.50. The number of hydrogen-bond donors (Lipinski definition) is 0. The lowest BCUT2D eigenvalue weighted by molar-refractivity contribution is -0.137. The van der Waals surface area contributed by atoms with Crippen molar-refractivity contribution in [1.82, 2.24) is 14.7 Å². The SMILES string of the molecule is N#Cc1ccc2c(cc(CCC(F)(F)F)n2Cc2noc(-c3cccc(C(F)(F)F)c3)n2)c1Cl. The van der Waals surface area contributed by atoms with Gasteiger partial charge in [0.25, 0.3) is 5.89 Å². The minimum atomic E-state index is -4.56. The Labute approximate surface area is 193 Å². The smallest absolute Gasteiger partial charge is 0.337 e. The molecular formula is C22H13ClF6N4O. The second-order valence-corrected chi connectivity index (χ2v) is 7.78. The van der Waals surface area contributed by atoms with Gasteiger partial charge in [0.05, 0.1) is 28.2 Å². The zero-order valence-corrected chi connectivity index (χ0v) is 17.8. The van der Waals surface area contributed by atoms with Crippen molar-refractivity contribution in [3.63, 3.8) is 0 Å². The van der Waals surface area contributed by atoms with Crippen molar-refractivity contribution in [2.24, 2.45) is 0 Å². The Bertz CT molecular complexity index is 1400. The number of fused-ring (bicyclic) bond motifs is 1. The van der Waals surface area contributed by atoms with Gasteiger partial charge in [0.15, 0.2) is 5.82 Å². The van der Waals surface area contributed by atoms with E-state index in [4.69, 9.17) is 16.1 Å². The summed E-state index contributed by atoms with van der Waals surface area (Å²) >= 11 is 6.26. The summed E-state index contributed by atoms with van der Waals surface area (Å²) in [6, 6.07) is 10.7. The topological polar surface area (TPSA) is 67.6 Å². The van der Waals surface area contributed by atoms with E-state index in [9.17, 15) is 31.6 Å². The van der Waals surface area contributed by atoms with Crippen molar-refractivity contribution in [2.45, 2.75) is 31.7 Å². The summed E-state index contributed by atoms with van der Waals surface area (Å²) in [5.74, 6) is -0.127. The average Bonchev–Trinajstić information content (AvgIpc) is 3.37. The molecule has 4 rings (SSSR count). The van der Waals surface area contributed by atoms with Gasteiger partial charge in [-0.15, -0.1) is 0 Å². The third kappa shape index (κ3) is 4.87. The molecule has 0 unspecified atom stereocenters. The molecule has 2 aromatic carbocycles. The Hall–Kier alpha value is -3.52. The number of nitriles is 1. The number of rotatable bonds is 5. The zero-order chi connectivity index (χ0) is 24.7. The van der Waals surface area contributed by atoms with E-state index in [1.54, 1.807) is 6.07 Å². The summed E-state index contributed by atoms with van der Waals surface area (Å²) in [5, 5.41) is 13.5. The number of hydrogen-bond acceptors (Lipinski definition) is 4. The number of aryl methyl sites for hydroxylation is 1. The number of aromatic nitrogens is 3. The molecular weight excluding hydrogens is 486 g/mol. The maximum Gasteiger partial charge on any atom is 0.416 e. The van der Waals surface area contributed by atoms with Crippen LogP contribution in [-0.4, -0.2) is 20.9 Å². The number of nitrogens with zero attached hydrogens (tertiary/aromatic N) is 4. The molecule has 176 valence electrons. The maximum absolute atomic E-state index is 13.0. The van der Waals surface area contributed by atoms with Gasteiger partial charge in [0.2, 0.25) is 0 Å². The van der Waals surface area contributed by atoms with Crippen molar-refractivity contribution in [2.75, 3.05) is 0 Å². The normalized spacial score (nSPS) is 12.3. The van der Waals surface area contributed by atoms with Crippen LogP contribution in [0.2, 0.25) is 5.02 Å². The fourth-order valence-electron chi connectivity index (χ4n) is 3.51. The van der Waals surface area contributed by atoms with Crippen LogP contribution in [0.4, 0.5) is 26.3 Å². The molecule has 4 aromatic rings. The van der Waals surface area contributed by atoms with Crippen LogP contribution in [0.25, 0.3) is 22.4 Å². The fraction of sp³-hybridized carbons (Fsp3) is 0.227. The molecule has 34 heavy (non-hydrogen) atoms. The maximum atomic E-state index is 13.0. The highest BCUT2D eigenvalue weighted by Gasteiger charge is 2.31. The Morgan fingerprint density at radius 1 is 1.06 bits per heavy atom. The van der Waals surface area contributed by atoms with Gasteiger partial charge in [-0.3, -0.25) is 0 Å².